The first-order valence-corrected chi connectivity index (χ1v) is 4.73. The normalized spacial score (nSPS) is 16.7. The minimum atomic E-state index is -5.17. The van der Waals surface area contributed by atoms with Gasteiger partial charge in [-0.2, -0.15) is 0 Å². The third-order valence-electron chi connectivity index (χ3n) is 1.18. The van der Waals surface area contributed by atoms with Gasteiger partial charge >= 0.3 is 0 Å². The fraction of sp³-hybridized carbons (Fsp3) is 0.800. The smallest absolute Gasteiger partial charge is 0.160 e. The molecular formula is C5H9O7P-2. The molecule has 0 rings (SSSR count). The van der Waals surface area contributed by atoms with Crippen molar-refractivity contribution in [1.29, 1.82) is 0 Å². The number of carbonyl (C=O) groups excluding carboxylic acids is 1. The van der Waals surface area contributed by atoms with Gasteiger partial charge in [0.15, 0.2) is 5.78 Å². The molecule has 0 aromatic rings. The Kier molecular flexibility index (Phi) is 4.69. The van der Waals surface area contributed by atoms with Crippen molar-refractivity contribution in [1.82, 2.24) is 0 Å². The first kappa shape index (κ1) is 12.7. The van der Waals surface area contributed by atoms with Crippen LogP contribution in [0.5, 0.6) is 0 Å². The van der Waals surface area contributed by atoms with Gasteiger partial charge in [0.2, 0.25) is 0 Å². The largest absolute Gasteiger partial charge is 0.790 e. The van der Waals surface area contributed by atoms with Gasteiger partial charge < -0.3 is 29.1 Å². The number of rotatable bonds is 5. The summed E-state index contributed by atoms with van der Waals surface area (Å²) in [5.74, 6) is -0.747. The molecule has 0 radical (unpaired) electrons. The van der Waals surface area contributed by atoms with E-state index < -0.39 is 32.4 Å². The van der Waals surface area contributed by atoms with Gasteiger partial charge in [0, 0.05) is 0 Å². The standard InChI is InChI=1S/C5H11O7P/c1-3(6)5(8)4(7)2-12-13(9,10)11/h4-5,7-8H,2H2,1H3,(H2,9,10,11)/p-2. The highest BCUT2D eigenvalue weighted by molar-refractivity contribution is 7.43. The predicted octanol–water partition coefficient (Wildman–Crippen LogP) is -2.86. The van der Waals surface area contributed by atoms with Gasteiger partial charge in [-0.3, -0.25) is 4.79 Å². The second-order valence-corrected chi connectivity index (χ2v) is 3.52. The lowest BCUT2D eigenvalue weighted by Crippen LogP contribution is -2.36. The van der Waals surface area contributed by atoms with Crippen LogP contribution >= 0.6 is 7.82 Å². The molecule has 2 unspecified atom stereocenters. The number of Topliss-reactive ketones (excluding diaryl/α,β-unsaturated/α-hetero) is 1. The number of aliphatic hydroxyl groups is 2. The highest BCUT2D eigenvalue weighted by Gasteiger charge is 2.20. The number of hydrogen-bond donors (Lipinski definition) is 2. The second kappa shape index (κ2) is 4.80. The summed E-state index contributed by atoms with van der Waals surface area (Å²) in [6, 6.07) is 0. The van der Waals surface area contributed by atoms with E-state index in [9.17, 15) is 19.1 Å². The molecule has 13 heavy (non-hydrogen) atoms. The molecule has 0 heterocycles. The number of carbonyl (C=O) groups is 1. The molecule has 2 atom stereocenters. The van der Waals surface area contributed by atoms with Gasteiger partial charge in [-0.1, -0.05) is 0 Å². The van der Waals surface area contributed by atoms with Crippen molar-refractivity contribution < 1.29 is 33.9 Å². The number of ketones is 1. The van der Waals surface area contributed by atoms with Crippen LogP contribution < -0.4 is 9.79 Å². The summed E-state index contributed by atoms with van der Waals surface area (Å²) < 4.78 is 13.5. The van der Waals surface area contributed by atoms with E-state index in [0.29, 0.717) is 0 Å². The predicted molar refractivity (Wildman–Crippen MR) is 36.3 cm³/mol. The molecule has 8 heteroatoms. The molecule has 2 N–H and O–H groups in total. The van der Waals surface area contributed by atoms with E-state index in [0.717, 1.165) is 6.92 Å². The van der Waals surface area contributed by atoms with Crippen molar-refractivity contribution in [3.8, 4) is 0 Å². The van der Waals surface area contributed by atoms with Gasteiger partial charge in [0.25, 0.3) is 0 Å². The Hall–Kier alpha value is -0.300. The van der Waals surface area contributed by atoms with Crippen molar-refractivity contribution in [3.63, 3.8) is 0 Å². The Morgan fingerprint density at radius 2 is 2.00 bits per heavy atom. The van der Waals surface area contributed by atoms with Crippen molar-refractivity contribution >= 4 is 13.6 Å². The SMILES string of the molecule is CC(=O)C(O)C(O)COP(=O)([O-])[O-]. The molecule has 0 fully saturated rings. The Morgan fingerprint density at radius 3 is 2.31 bits per heavy atom. The summed E-state index contributed by atoms with van der Waals surface area (Å²) in [4.78, 5) is 30.2. The maximum absolute atomic E-state index is 10.4. The minimum Gasteiger partial charge on any atom is -0.790 e. The van der Waals surface area contributed by atoms with Crippen LogP contribution in [-0.4, -0.2) is 34.8 Å². The quantitative estimate of drug-likeness (QED) is 0.468. The average molecular weight is 212 g/mol. The molecule has 0 aromatic carbocycles. The molecule has 0 aliphatic carbocycles. The summed E-state index contributed by atoms with van der Waals surface area (Å²) in [7, 11) is -5.17. The molecule has 0 saturated carbocycles. The van der Waals surface area contributed by atoms with Crippen LogP contribution in [0.2, 0.25) is 0 Å². The summed E-state index contributed by atoms with van der Waals surface area (Å²) in [6.07, 6.45) is -3.46. The van der Waals surface area contributed by atoms with Crippen molar-refractivity contribution in [2.45, 2.75) is 19.1 Å². The van der Waals surface area contributed by atoms with Gasteiger partial charge in [-0.25, -0.2) is 0 Å². The van der Waals surface area contributed by atoms with E-state index in [1.165, 1.54) is 0 Å². The molecule has 0 saturated heterocycles. The maximum Gasteiger partial charge on any atom is 0.160 e. The third kappa shape index (κ3) is 5.87. The lowest BCUT2D eigenvalue weighted by Gasteiger charge is -2.30. The van der Waals surface area contributed by atoms with Crippen LogP contribution in [-0.2, 0) is 13.9 Å². The fourth-order valence-corrected chi connectivity index (χ4v) is 0.865. The zero-order chi connectivity index (χ0) is 10.6. The average Bonchev–Trinajstić information content (AvgIpc) is 1.97. The highest BCUT2D eigenvalue weighted by atomic mass is 31.2. The van der Waals surface area contributed by atoms with Gasteiger partial charge in [0.05, 0.1) is 14.4 Å². The van der Waals surface area contributed by atoms with Crippen LogP contribution in [0.4, 0.5) is 0 Å². The van der Waals surface area contributed by atoms with Crippen molar-refractivity contribution in [2.75, 3.05) is 6.61 Å². The first-order chi connectivity index (χ1) is 5.74. The summed E-state index contributed by atoms with van der Waals surface area (Å²) in [5, 5.41) is 17.7. The summed E-state index contributed by atoms with van der Waals surface area (Å²) >= 11 is 0. The molecule has 0 aliphatic rings. The first-order valence-electron chi connectivity index (χ1n) is 3.27. The van der Waals surface area contributed by atoms with Gasteiger partial charge in [0.1, 0.15) is 12.2 Å². The Labute approximate surface area is 74.2 Å². The fourth-order valence-electron chi connectivity index (χ4n) is 0.530. The Balaban J connectivity index is 3.95. The zero-order valence-corrected chi connectivity index (χ0v) is 7.64. The van der Waals surface area contributed by atoms with E-state index in [1.54, 1.807) is 0 Å². The van der Waals surface area contributed by atoms with Crippen molar-refractivity contribution in [3.05, 3.63) is 0 Å². The van der Waals surface area contributed by atoms with Gasteiger partial charge in [-0.05, 0) is 6.92 Å². The van der Waals surface area contributed by atoms with E-state index >= 15 is 0 Å². The second-order valence-electron chi connectivity index (χ2n) is 2.37. The molecule has 78 valence electrons. The number of phosphoric acid groups is 1. The molecule has 0 aliphatic heterocycles. The molecule has 0 spiro atoms. The highest BCUT2D eigenvalue weighted by Crippen LogP contribution is 2.24. The van der Waals surface area contributed by atoms with Gasteiger partial charge in [-0.15, -0.1) is 0 Å². The van der Waals surface area contributed by atoms with E-state index in [2.05, 4.69) is 4.52 Å². The number of hydrogen-bond acceptors (Lipinski definition) is 7. The molecule has 0 aromatic heterocycles. The van der Waals surface area contributed by atoms with Crippen molar-refractivity contribution in [2.24, 2.45) is 0 Å². The van der Waals surface area contributed by atoms with E-state index in [4.69, 9.17) is 10.2 Å². The Morgan fingerprint density at radius 1 is 1.54 bits per heavy atom. The molecule has 0 amide bonds. The molecular weight excluding hydrogens is 203 g/mol. The summed E-state index contributed by atoms with van der Waals surface area (Å²) in [6.45, 7) is 0.0763. The number of phosphoric ester groups is 1. The summed E-state index contributed by atoms with van der Waals surface area (Å²) in [5.41, 5.74) is 0. The number of aliphatic hydroxyl groups excluding tert-OH is 2. The van der Waals surface area contributed by atoms with E-state index in [1.807, 2.05) is 0 Å². The van der Waals surface area contributed by atoms with Crippen LogP contribution in [0, 0.1) is 0 Å². The molecule has 0 bridgehead atoms. The maximum atomic E-state index is 10.4. The lowest BCUT2D eigenvalue weighted by molar-refractivity contribution is -0.343. The van der Waals surface area contributed by atoms with Crippen LogP contribution in [0.3, 0.4) is 0 Å². The monoisotopic (exact) mass is 212 g/mol. The van der Waals surface area contributed by atoms with Crippen LogP contribution in [0.15, 0.2) is 0 Å². The van der Waals surface area contributed by atoms with E-state index in [-0.39, 0.29) is 0 Å². The Bertz CT molecular complexity index is 221. The van der Waals surface area contributed by atoms with Crippen LogP contribution in [0.25, 0.3) is 0 Å². The third-order valence-corrected chi connectivity index (χ3v) is 1.65. The minimum absolute atomic E-state index is 0.747. The zero-order valence-electron chi connectivity index (χ0n) is 6.74. The molecule has 7 nitrogen and oxygen atoms in total. The topological polar surface area (TPSA) is 130 Å². The van der Waals surface area contributed by atoms with Crippen LogP contribution in [0.1, 0.15) is 6.92 Å². The lowest BCUT2D eigenvalue weighted by atomic mass is 10.1.